The fourth-order valence-corrected chi connectivity index (χ4v) is 2.73. The van der Waals surface area contributed by atoms with E-state index < -0.39 is 6.04 Å². The quantitative estimate of drug-likeness (QED) is 0.596. The Morgan fingerprint density at radius 2 is 2.19 bits per heavy atom. The molecule has 2 N–H and O–H groups in total. The Morgan fingerprint density at radius 1 is 1.48 bits per heavy atom. The molecule has 1 heterocycles. The molecule has 118 valence electrons. The minimum absolute atomic E-state index is 0.0122. The highest BCUT2D eigenvalue weighted by Crippen LogP contribution is 2.21. The average Bonchev–Trinajstić information content (AvgIpc) is 2.80. The van der Waals surface area contributed by atoms with Crippen LogP contribution in [0.4, 0.5) is 0 Å². The van der Waals surface area contributed by atoms with E-state index in [4.69, 9.17) is 9.84 Å². The molecule has 2 rings (SSSR count). The summed E-state index contributed by atoms with van der Waals surface area (Å²) in [4.78, 5) is 12.0. The summed E-state index contributed by atoms with van der Waals surface area (Å²) in [5, 5.41) is 20.2. The first kappa shape index (κ1) is 15.9. The smallest absolute Gasteiger partial charge is 0.329 e. The highest BCUT2D eigenvalue weighted by molar-refractivity contribution is 5.76. The van der Waals surface area contributed by atoms with Crippen LogP contribution < -0.4 is 5.32 Å². The number of esters is 1. The van der Waals surface area contributed by atoms with E-state index in [2.05, 4.69) is 15.6 Å². The van der Waals surface area contributed by atoms with E-state index in [0.717, 1.165) is 12.8 Å². The van der Waals surface area contributed by atoms with Gasteiger partial charge < -0.3 is 9.84 Å². The molecule has 1 aromatic rings. The Balaban J connectivity index is 2.07. The lowest BCUT2D eigenvalue weighted by Crippen LogP contribution is -2.37. The van der Waals surface area contributed by atoms with Gasteiger partial charge in [0.15, 0.2) is 6.04 Å². The molecule has 0 radical (unpaired) electrons. The van der Waals surface area contributed by atoms with Crippen LogP contribution in [-0.2, 0) is 16.1 Å². The molecule has 0 aromatic carbocycles. The molecule has 1 saturated carbocycles. The van der Waals surface area contributed by atoms with Crippen molar-refractivity contribution in [1.29, 1.82) is 0 Å². The lowest BCUT2D eigenvalue weighted by molar-refractivity contribution is -0.143. The van der Waals surface area contributed by atoms with Crippen molar-refractivity contribution in [3.05, 3.63) is 11.9 Å². The molecule has 0 saturated heterocycles. The zero-order valence-electron chi connectivity index (χ0n) is 12.5. The molecular weight excluding hydrogens is 272 g/mol. The van der Waals surface area contributed by atoms with E-state index in [-0.39, 0.29) is 12.6 Å². The van der Waals surface area contributed by atoms with Crippen LogP contribution in [0.15, 0.2) is 6.20 Å². The number of hydrogen-bond donors (Lipinski definition) is 2. The molecule has 1 aromatic heterocycles. The number of hydrogen-bond acceptors (Lipinski definition) is 6. The van der Waals surface area contributed by atoms with Gasteiger partial charge in [0.05, 0.1) is 26.5 Å². The summed E-state index contributed by atoms with van der Waals surface area (Å²) in [6, 6.07) is -0.287. The van der Waals surface area contributed by atoms with Crippen molar-refractivity contribution in [2.75, 3.05) is 13.7 Å². The van der Waals surface area contributed by atoms with Gasteiger partial charge in [-0.3, -0.25) is 5.32 Å². The molecule has 1 unspecified atom stereocenters. The maximum atomic E-state index is 12.0. The first-order chi connectivity index (χ1) is 10.2. The number of nitrogens with zero attached hydrogens (tertiary/aromatic N) is 3. The maximum Gasteiger partial charge on any atom is 0.329 e. The van der Waals surface area contributed by atoms with Gasteiger partial charge in [0.1, 0.15) is 5.69 Å². The molecule has 0 aliphatic heterocycles. The third kappa shape index (κ3) is 4.50. The number of methoxy groups -OCH3 is 1. The number of carbonyl (C=O) groups excluding carboxylic acids is 1. The van der Waals surface area contributed by atoms with Crippen LogP contribution in [-0.4, -0.2) is 45.8 Å². The molecule has 0 bridgehead atoms. The van der Waals surface area contributed by atoms with E-state index >= 15 is 0 Å². The first-order valence-corrected chi connectivity index (χ1v) is 7.59. The molecule has 0 amide bonds. The van der Waals surface area contributed by atoms with E-state index in [1.54, 1.807) is 6.20 Å². The minimum Gasteiger partial charge on any atom is -0.468 e. The van der Waals surface area contributed by atoms with Crippen molar-refractivity contribution >= 4 is 5.97 Å². The highest BCUT2D eigenvalue weighted by atomic mass is 16.5. The van der Waals surface area contributed by atoms with Gasteiger partial charge in [-0.15, -0.1) is 5.10 Å². The largest absolute Gasteiger partial charge is 0.468 e. The number of carbonyl (C=O) groups is 1. The number of ether oxygens (including phenoxy) is 1. The van der Waals surface area contributed by atoms with Gasteiger partial charge in [-0.05, 0) is 12.8 Å². The highest BCUT2D eigenvalue weighted by Gasteiger charge is 2.27. The van der Waals surface area contributed by atoms with Gasteiger partial charge in [-0.25, -0.2) is 9.48 Å². The average molecular weight is 296 g/mol. The van der Waals surface area contributed by atoms with Crippen LogP contribution in [0.3, 0.4) is 0 Å². The standard InChI is InChI=1S/C14H24N4O3/c1-21-14(20)13(12-10-18(8-9-19)17-16-12)15-11-6-4-2-3-5-7-11/h10-11,13,15,19H,2-9H2,1H3. The Hall–Kier alpha value is -1.47. The molecule has 21 heavy (non-hydrogen) atoms. The second-order valence-corrected chi connectivity index (χ2v) is 5.44. The van der Waals surface area contributed by atoms with Gasteiger partial charge in [-0.2, -0.15) is 0 Å². The fourth-order valence-electron chi connectivity index (χ4n) is 2.73. The topological polar surface area (TPSA) is 89.3 Å². The van der Waals surface area contributed by atoms with Crippen molar-refractivity contribution in [3.8, 4) is 0 Å². The fraction of sp³-hybridized carbons (Fsp3) is 0.786. The third-order valence-electron chi connectivity index (χ3n) is 3.88. The number of aromatic nitrogens is 3. The summed E-state index contributed by atoms with van der Waals surface area (Å²) < 4.78 is 6.41. The van der Waals surface area contributed by atoms with Crippen molar-refractivity contribution in [1.82, 2.24) is 20.3 Å². The number of aliphatic hydroxyl groups excluding tert-OH is 1. The Morgan fingerprint density at radius 3 is 2.81 bits per heavy atom. The normalized spacial score (nSPS) is 18.2. The van der Waals surface area contributed by atoms with Crippen molar-refractivity contribution in [2.45, 2.75) is 57.2 Å². The molecule has 1 aliphatic carbocycles. The zero-order chi connectivity index (χ0) is 15.1. The van der Waals surface area contributed by atoms with Crippen molar-refractivity contribution in [3.63, 3.8) is 0 Å². The van der Waals surface area contributed by atoms with Crippen molar-refractivity contribution in [2.24, 2.45) is 0 Å². The lowest BCUT2D eigenvalue weighted by Gasteiger charge is -2.21. The molecular formula is C14H24N4O3. The molecule has 1 aliphatic rings. The summed E-state index contributed by atoms with van der Waals surface area (Å²) in [5.74, 6) is -0.352. The van der Waals surface area contributed by atoms with E-state index in [1.165, 1.54) is 37.5 Å². The second kappa shape index (κ2) is 8.09. The van der Waals surface area contributed by atoms with E-state index in [1.807, 2.05) is 0 Å². The second-order valence-electron chi connectivity index (χ2n) is 5.44. The minimum atomic E-state index is -0.592. The molecule has 1 atom stereocenters. The molecule has 0 spiro atoms. The van der Waals surface area contributed by atoms with Gasteiger partial charge in [0.25, 0.3) is 0 Å². The summed E-state index contributed by atoms with van der Waals surface area (Å²) in [6.45, 7) is 0.353. The molecule has 7 nitrogen and oxygen atoms in total. The van der Waals surface area contributed by atoms with Crippen LogP contribution in [0.5, 0.6) is 0 Å². The summed E-state index contributed by atoms with van der Waals surface area (Å²) in [6.07, 6.45) is 8.70. The van der Waals surface area contributed by atoms with Crippen LogP contribution >= 0.6 is 0 Å². The van der Waals surface area contributed by atoms with Crippen LogP contribution in [0.25, 0.3) is 0 Å². The summed E-state index contributed by atoms with van der Waals surface area (Å²) >= 11 is 0. The number of rotatable bonds is 6. The summed E-state index contributed by atoms with van der Waals surface area (Å²) in [5.41, 5.74) is 0.541. The van der Waals surface area contributed by atoms with Gasteiger partial charge in [0.2, 0.25) is 0 Å². The van der Waals surface area contributed by atoms with Gasteiger partial charge in [-0.1, -0.05) is 30.9 Å². The SMILES string of the molecule is COC(=O)C(NC1CCCCCC1)c1cn(CCO)nn1. The molecule has 7 heteroatoms. The lowest BCUT2D eigenvalue weighted by atomic mass is 10.1. The van der Waals surface area contributed by atoms with Gasteiger partial charge in [0, 0.05) is 6.04 Å². The van der Waals surface area contributed by atoms with E-state index in [0.29, 0.717) is 18.3 Å². The number of aliphatic hydroxyl groups is 1. The van der Waals surface area contributed by atoms with Crippen LogP contribution in [0.2, 0.25) is 0 Å². The van der Waals surface area contributed by atoms with Gasteiger partial charge >= 0.3 is 5.97 Å². The number of nitrogens with one attached hydrogen (secondary N) is 1. The summed E-state index contributed by atoms with van der Waals surface area (Å²) in [7, 11) is 1.38. The van der Waals surface area contributed by atoms with Crippen LogP contribution in [0, 0.1) is 0 Å². The van der Waals surface area contributed by atoms with E-state index in [9.17, 15) is 4.79 Å². The third-order valence-corrected chi connectivity index (χ3v) is 3.88. The first-order valence-electron chi connectivity index (χ1n) is 7.59. The molecule has 1 fully saturated rings. The Labute approximate surface area is 124 Å². The van der Waals surface area contributed by atoms with Crippen molar-refractivity contribution < 1.29 is 14.6 Å². The van der Waals surface area contributed by atoms with Crippen LogP contribution in [0.1, 0.15) is 50.3 Å². The predicted octanol–water partition coefficient (Wildman–Crippen LogP) is 0.797. The Bertz CT molecular complexity index is 441. The zero-order valence-corrected chi connectivity index (χ0v) is 12.5. The predicted molar refractivity (Wildman–Crippen MR) is 76.5 cm³/mol. The Kier molecular flexibility index (Phi) is 6.13. The maximum absolute atomic E-state index is 12.0. The monoisotopic (exact) mass is 296 g/mol.